The molecular formula is C10H14O5. The highest BCUT2D eigenvalue weighted by Crippen LogP contribution is 2.25. The van der Waals surface area contributed by atoms with Crippen LogP contribution < -0.4 is 0 Å². The van der Waals surface area contributed by atoms with Crippen LogP contribution in [0, 0.1) is 0 Å². The van der Waals surface area contributed by atoms with E-state index in [-0.39, 0.29) is 6.10 Å². The Bertz CT molecular complexity index is 288. The van der Waals surface area contributed by atoms with E-state index in [9.17, 15) is 9.59 Å². The molecule has 0 saturated carbocycles. The first-order valence-corrected chi connectivity index (χ1v) is 4.65. The van der Waals surface area contributed by atoms with E-state index in [1.54, 1.807) is 13.8 Å². The predicted octanol–water partition coefficient (Wildman–Crippen LogP) is 0.738. The molecule has 1 fully saturated rings. The number of aliphatic carboxylic acids is 1. The molecule has 1 saturated heterocycles. The van der Waals surface area contributed by atoms with Crippen LogP contribution in [0.1, 0.15) is 20.3 Å². The largest absolute Gasteiger partial charge is 0.478 e. The maximum absolute atomic E-state index is 11.2. The summed E-state index contributed by atoms with van der Waals surface area (Å²) in [7, 11) is 0. The van der Waals surface area contributed by atoms with Gasteiger partial charge in [0.1, 0.15) is 5.60 Å². The maximum Gasteiger partial charge on any atom is 0.331 e. The molecule has 1 aliphatic heterocycles. The van der Waals surface area contributed by atoms with Gasteiger partial charge in [0.05, 0.1) is 12.7 Å². The first-order chi connectivity index (χ1) is 6.89. The maximum atomic E-state index is 11.2. The lowest BCUT2D eigenvalue weighted by Gasteiger charge is -2.23. The topological polar surface area (TPSA) is 76.1 Å². The van der Waals surface area contributed by atoms with Crippen LogP contribution in [0.15, 0.2) is 12.2 Å². The van der Waals surface area contributed by atoms with E-state index in [0.717, 1.165) is 12.2 Å². The number of hydrogen-bond donors (Lipinski definition) is 1. The minimum absolute atomic E-state index is 0.163. The molecule has 0 spiro atoms. The number of carbonyl (C=O) groups is 2. The highest BCUT2D eigenvalue weighted by molar-refractivity contribution is 5.90. The van der Waals surface area contributed by atoms with Crippen molar-refractivity contribution in [1.29, 1.82) is 0 Å². The molecule has 0 aromatic heterocycles. The first-order valence-electron chi connectivity index (χ1n) is 4.65. The van der Waals surface area contributed by atoms with Gasteiger partial charge in [0.2, 0.25) is 0 Å². The second-order valence-electron chi connectivity index (χ2n) is 4.01. The lowest BCUT2D eigenvalue weighted by Crippen LogP contribution is -2.29. The van der Waals surface area contributed by atoms with Crippen LogP contribution in [0.4, 0.5) is 0 Å². The third kappa shape index (κ3) is 5.17. The van der Waals surface area contributed by atoms with Crippen LogP contribution in [-0.2, 0) is 19.1 Å². The second kappa shape index (κ2) is 4.44. The summed E-state index contributed by atoms with van der Waals surface area (Å²) >= 11 is 0. The highest BCUT2D eigenvalue weighted by Gasteiger charge is 2.33. The van der Waals surface area contributed by atoms with E-state index >= 15 is 0 Å². The van der Waals surface area contributed by atoms with Crippen molar-refractivity contribution in [3.05, 3.63) is 12.2 Å². The normalized spacial score (nSPS) is 20.3. The Balaban J connectivity index is 2.37. The molecule has 1 N–H and O–H groups in total. The van der Waals surface area contributed by atoms with Crippen molar-refractivity contribution in [2.45, 2.75) is 32.0 Å². The van der Waals surface area contributed by atoms with Crippen molar-refractivity contribution >= 4 is 11.9 Å². The average molecular weight is 214 g/mol. The SMILES string of the molecule is CC(C)(CC1CO1)OC(=O)/C=C/C(=O)O. The molecule has 0 aliphatic carbocycles. The summed E-state index contributed by atoms with van der Waals surface area (Å²) in [6.07, 6.45) is 2.44. The molecule has 5 heteroatoms. The summed E-state index contributed by atoms with van der Waals surface area (Å²) in [5, 5.41) is 8.30. The minimum atomic E-state index is -1.17. The predicted molar refractivity (Wildman–Crippen MR) is 51.3 cm³/mol. The Kier molecular flexibility index (Phi) is 3.47. The summed E-state index contributed by atoms with van der Waals surface area (Å²) in [6, 6.07) is 0. The Hall–Kier alpha value is -1.36. The number of esters is 1. The summed E-state index contributed by atoms with van der Waals surface area (Å²) in [4.78, 5) is 21.3. The molecule has 1 unspecified atom stereocenters. The van der Waals surface area contributed by atoms with Crippen molar-refractivity contribution in [3.8, 4) is 0 Å². The fourth-order valence-corrected chi connectivity index (χ4v) is 1.22. The van der Waals surface area contributed by atoms with E-state index in [1.165, 1.54) is 0 Å². The molecule has 1 heterocycles. The number of epoxide rings is 1. The number of ether oxygens (including phenoxy) is 2. The third-order valence-electron chi connectivity index (χ3n) is 1.86. The molecular weight excluding hydrogens is 200 g/mol. The second-order valence-corrected chi connectivity index (χ2v) is 4.01. The van der Waals surface area contributed by atoms with Gasteiger partial charge in [-0.1, -0.05) is 0 Å². The van der Waals surface area contributed by atoms with Crippen molar-refractivity contribution in [2.75, 3.05) is 6.61 Å². The highest BCUT2D eigenvalue weighted by atomic mass is 16.6. The molecule has 0 aromatic carbocycles. The molecule has 1 rings (SSSR count). The lowest BCUT2D eigenvalue weighted by atomic mass is 10.0. The Labute approximate surface area is 87.7 Å². The van der Waals surface area contributed by atoms with Gasteiger partial charge in [-0.05, 0) is 13.8 Å². The van der Waals surface area contributed by atoms with Gasteiger partial charge in [0, 0.05) is 18.6 Å². The van der Waals surface area contributed by atoms with Crippen molar-refractivity contribution in [2.24, 2.45) is 0 Å². The van der Waals surface area contributed by atoms with Gasteiger partial charge in [0.25, 0.3) is 0 Å². The van der Waals surface area contributed by atoms with E-state index < -0.39 is 17.5 Å². The lowest BCUT2D eigenvalue weighted by molar-refractivity contribution is -0.151. The fraction of sp³-hybridized carbons (Fsp3) is 0.600. The Morgan fingerprint density at radius 1 is 1.53 bits per heavy atom. The van der Waals surface area contributed by atoms with Crippen LogP contribution in [0.2, 0.25) is 0 Å². The van der Waals surface area contributed by atoms with E-state index in [0.29, 0.717) is 13.0 Å². The minimum Gasteiger partial charge on any atom is -0.478 e. The molecule has 0 bridgehead atoms. The molecule has 84 valence electrons. The summed E-state index contributed by atoms with van der Waals surface area (Å²) in [6.45, 7) is 4.23. The van der Waals surface area contributed by atoms with Gasteiger partial charge in [-0.3, -0.25) is 0 Å². The van der Waals surface area contributed by atoms with Gasteiger partial charge in [-0.15, -0.1) is 0 Å². The first kappa shape index (κ1) is 11.7. The van der Waals surface area contributed by atoms with E-state index in [4.69, 9.17) is 14.6 Å². The molecule has 1 aliphatic rings. The zero-order valence-corrected chi connectivity index (χ0v) is 8.73. The summed E-state index contributed by atoms with van der Waals surface area (Å²) in [5.41, 5.74) is -0.624. The molecule has 15 heavy (non-hydrogen) atoms. The molecule has 5 nitrogen and oxygen atoms in total. The average Bonchev–Trinajstić information content (AvgIpc) is 2.82. The summed E-state index contributed by atoms with van der Waals surface area (Å²) in [5.74, 6) is -1.82. The van der Waals surface area contributed by atoms with E-state index in [1.807, 2.05) is 0 Å². The van der Waals surface area contributed by atoms with Crippen LogP contribution in [-0.4, -0.2) is 35.4 Å². The number of rotatable bonds is 5. The van der Waals surface area contributed by atoms with Crippen LogP contribution >= 0.6 is 0 Å². The van der Waals surface area contributed by atoms with Crippen LogP contribution in [0.25, 0.3) is 0 Å². The van der Waals surface area contributed by atoms with Crippen LogP contribution in [0.5, 0.6) is 0 Å². The molecule has 0 radical (unpaired) electrons. The van der Waals surface area contributed by atoms with Gasteiger partial charge in [0.15, 0.2) is 0 Å². The number of carboxylic acids is 1. The van der Waals surface area contributed by atoms with Gasteiger partial charge in [-0.2, -0.15) is 0 Å². The Morgan fingerprint density at radius 3 is 2.60 bits per heavy atom. The number of carbonyl (C=O) groups excluding carboxylic acids is 1. The molecule has 0 aromatic rings. The van der Waals surface area contributed by atoms with Crippen LogP contribution in [0.3, 0.4) is 0 Å². The Morgan fingerprint density at radius 2 is 2.13 bits per heavy atom. The van der Waals surface area contributed by atoms with Gasteiger partial charge in [-0.25, -0.2) is 9.59 Å². The van der Waals surface area contributed by atoms with Gasteiger partial charge < -0.3 is 14.6 Å². The number of hydrogen-bond acceptors (Lipinski definition) is 4. The van der Waals surface area contributed by atoms with Crippen molar-refractivity contribution in [3.63, 3.8) is 0 Å². The zero-order valence-electron chi connectivity index (χ0n) is 8.73. The molecule has 1 atom stereocenters. The summed E-state index contributed by atoms with van der Waals surface area (Å²) < 4.78 is 10.1. The standard InChI is InChI=1S/C10H14O5/c1-10(2,5-7-6-14-7)15-9(13)4-3-8(11)12/h3-4,7H,5-6H2,1-2H3,(H,11,12)/b4-3+. The zero-order chi connectivity index (χ0) is 11.5. The molecule has 0 amide bonds. The van der Waals surface area contributed by atoms with Gasteiger partial charge >= 0.3 is 11.9 Å². The van der Waals surface area contributed by atoms with Crippen molar-refractivity contribution in [1.82, 2.24) is 0 Å². The third-order valence-corrected chi connectivity index (χ3v) is 1.86. The van der Waals surface area contributed by atoms with Crippen molar-refractivity contribution < 1.29 is 24.2 Å². The fourth-order valence-electron chi connectivity index (χ4n) is 1.22. The quantitative estimate of drug-likeness (QED) is 0.415. The number of carboxylic acid groups (broad SMARTS) is 1. The smallest absolute Gasteiger partial charge is 0.331 e. The monoisotopic (exact) mass is 214 g/mol. The van der Waals surface area contributed by atoms with E-state index in [2.05, 4.69) is 0 Å².